The highest BCUT2D eigenvalue weighted by molar-refractivity contribution is 6.33. The monoisotopic (exact) mass is 594 g/mol. The smallest absolute Gasteiger partial charge is 0.374 e. The lowest BCUT2D eigenvalue weighted by atomic mass is 10.1. The quantitative estimate of drug-likeness (QED) is 0.404. The largest absolute Gasteiger partial charge is 0.416 e. The van der Waals surface area contributed by atoms with E-state index >= 15 is 0 Å². The molecule has 2 aliphatic heterocycles. The summed E-state index contributed by atoms with van der Waals surface area (Å²) in [6.07, 6.45) is -1.52. The van der Waals surface area contributed by atoms with Crippen LogP contribution in [-0.4, -0.2) is 50.9 Å². The Morgan fingerprint density at radius 2 is 2.12 bits per heavy atom. The average Bonchev–Trinajstić information content (AvgIpc) is 3.54. The lowest BCUT2D eigenvalue weighted by Gasteiger charge is -2.17. The number of amides is 1. The molecule has 0 saturated carbocycles. The van der Waals surface area contributed by atoms with Crippen molar-refractivity contribution in [1.82, 2.24) is 24.5 Å². The van der Waals surface area contributed by atoms with E-state index in [0.717, 1.165) is 34.7 Å². The average molecular weight is 595 g/mol. The van der Waals surface area contributed by atoms with Crippen LogP contribution in [0.2, 0.25) is 5.02 Å². The van der Waals surface area contributed by atoms with Crippen LogP contribution in [0.25, 0.3) is 17.4 Å². The normalized spacial score (nSPS) is 19.0. The predicted octanol–water partition coefficient (Wildman–Crippen LogP) is 4.63. The molecule has 3 aromatic rings. The zero-order valence-corrected chi connectivity index (χ0v) is 23.0. The molecule has 1 amide bonds. The number of carbonyl (C=O) groups is 1. The summed E-state index contributed by atoms with van der Waals surface area (Å²) in [4.78, 5) is 31.3. The van der Waals surface area contributed by atoms with Crippen LogP contribution in [0.5, 0.6) is 0 Å². The van der Waals surface area contributed by atoms with Crippen molar-refractivity contribution in [2.45, 2.75) is 51.9 Å². The van der Waals surface area contributed by atoms with Crippen molar-refractivity contribution >= 4 is 40.6 Å². The molecule has 218 valence electrons. The first kappa shape index (κ1) is 29.0. The standard InChI is InChI=1S/C27H27ClF4N6O3/c1-3-22-18(9-15-8-14(2)33-11-15)25(40)38-26(35-24(36-38)17-6-7-41-13-20(17)29)37(22)12-23(39)34-21-5-4-16(10-19(21)28)27(30,31)32/h4-5,9-10,14,33H,3,6-8,11-13H2,1-2H3,(H,34,39). The van der Waals surface area contributed by atoms with Gasteiger partial charge in [-0.3, -0.25) is 9.59 Å². The lowest BCUT2D eigenvalue weighted by molar-refractivity contribution is -0.137. The zero-order valence-electron chi connectivity index (χ0n) is 22.2. The molecule has 2 N–H and O–H groups in total. The van der Waals surface area contributed by atoms with Crippen LogP contribution in [0.15, 0.2) is 34.4 Å². The van der Waals surface area contributed by atoms with Gasteiger partial charge < -0.3 is 19.9 Å². The second kappa shape index (κ2) is 11.4. The van der Waals surface area contributed by atoms with Crippen LogP contribution >= 0.6 is 11.6 Å². The third-order valence-corrected chi connectivity index (χ3v) is 7.33. The van der Waals surface area contributed by atoms with E-state index in [-0.39, 0.29) is 60.1 Å². The number of rotatable bonds is 6. The molecule has 1 unspecified atom stereocenters. The van der Waals surface area contributed by atoms with Crippen molar-refractivity contribution in [2.24, 2.45) is 0 Å². The predicted molar refractivity (Wildman–Crippen MR) is 145 cm³/mol. The van der Waals surface area contributed by atoms with Gasteiger partial charge in [0.1, 0.15) is 12.4 Å². The van der Waals surface area contributed by atoms with Gasteiger partial charge in [-0.2, -0.15) is 22.7 Å². The van der Waals surface area contributed by atoms with Crippen LogP contribution in [0.3, 0.4) is 0 Å². The number of ether oxygens (including phenoxy) is 1. The first-order chi connectivity index (χ1) is 19.5. The van der Waals surface area contributed by atoms with Gasteiger partial charge in [0, 0.05) is 30.3 Å². The van der Waals surface area contributed by atoms with Gasteiger partial charge in [-0.05, 0) is 44.0 Å². The summed E-state index contributed by atoms with van der Waals surface area (Å²) in [5.74, 6) is -1.11. The van der Waals surface area contributed by atoms with Crippen molar-refractivity contribution in [3.8, 4) is 0 Å². The Balaban J connectivity index is 1.59. The number of benzene rings is 1. The maximum Gasteiger partial charge on any atom is 0.416 e. The first-order valence-corrected chi connectivity index (χ1v) is 13.4. The number of nitrogens with zero attached hydrogens (tertiary/aromatic N) is 4. The minimum Gasteiger partial charge on any atom is -0.374 e. The number of halogens is 5. The topological polar surface area (TPSA) is 103 Å². The zero-order chi connectivity index (χ0) is 29.5. The number of nitrogens with one attached hydrogen (secondary N) is 2. The van der Waals surface area contributed by atoms with E-state index in [1.165, 1.54) is 4.57 Å². The van der Waals surface area contributed by atoms with Gasteiger partial charge in [0.25, 0.3) is 5.56 Å². The SMILES string of the molecule is CCc1c(C=C2CNC(C)C2)c(=O)n2nc(C3=C(F)COCC3)nc2n1CC(=O)Nc1ccc(C(F)(F)F)cc1Cl. The Hall–Kier alpha value is -3.55. The fourth-order valence-corrected chi connectivity index (χ4v) is 5.24. The number of hydrogen-bond acceptors (Lipinski definition) is 6. The highest BCUT2D eigenvalue weighted by Crippen LogP contribution is 2.34. The molecule has 1 saturated heterocycles. The fraction of sp³-hybridized carbons (Fsp3) is 0.407. The summed E-state index contributed by atoms with van der Waals surface area (Å²) in [7, 11) is 0. The minimum absolute atomic E-state index is 0.00951. The third kappa shape index (κ3) is 5.92. The lowest BCUT2D eigenvalue weighted by Crippen LogP contribution is -2.29. The van der Waals surface area contributed by atoms with Gasteiger partial charge in [-0.15, -0.1) is 5.10 Å². The van der Waals surface area contributed by atoms with E-state index in [1.807, 2.05) is 13.8 Å². The van der Waals surface area contributed by atoms with E-state index in [9.17, 15) is 27.2 Å². The molecule has 1 fully saturated rings. The van der Waals surface area contributed by atoms with E-state index in [0.29, 0.717) is 24.2 Å². The number of aromatic nitrogens is 4. The van der Waals surface area contributed by atoms with E-state index < -0.39 is 29.0 Å². The number of fused-ring (bicyclic) bond motifs is 1. The van der Waals surface area contributed by atoms with E-state index in [1.54, 1.807) is 6.08 Å². The van der Waals surface area contributed by atoms with Crippen LogP contribution in [0.4, 0.5) is 23.2 Å². The summed E-state index contributed by atoms with van der Waals surface area (Å²) >= 11 is 6.04. The Bertz CT molecular complexity index is 1640. The molecule has 2 aromatic heterocycles. The van der Waals surface area contributed by atoms with E-state index in [2.05, 4.69) is 20.7 Å². The molecule has 1 atom stereocenters. The van der Waals surface area contributed by atoms with Crippen LogP contribution < -0.4 is 16.2 Å². The molecule has 41 heavy (non-hydrogen) atoms. The fourth-order valence-electron chi connectivity index (χ4n) is 5.01. The Morgan fingerprint density at radius 3 is 2.76 bits per heavy atom. The number of anilines is 1. The van der Waals surface area contributed by atoms with Gasteiger partial charge in [-0.25, -0.2) is 4.39 Å². The summed E-state index contributed by atoms with van der Waals surface area (Å²) in [6.45, 7) is 4.12. The molecule has 0 radical (unpaired) electrons. The van der Waals surface area contributed by atoms with Crippen molar-refractivity contribution in [3.63, 3.8) is 0 Å². The molecule has 4 heterocycles. The van der Waals surface area contributed by atoms with Crippen molar-refractivity contribution in [2.75, 3.05) is 25.1 Å². The summed E-state index contributed by atoms with van der Waals surface area (Å²) in [6, 6.07) is 2.86. The maximum atomic E-state index is 14.6. The molecule has 0 spiro atoms. The number of hydrogen-bond donors (Lipinski definition) is 2. The second-order valence-corrected chi connectivity index (χ2v) is 10.4. The first-order valence-electron chi connectivity index (χ1n) is 13.0. The molecule has 14 heteroatoms. The molecule has 1 aromatic carbocycles. The molecule has 2 aliphatic rings. The molecular formula is C27H27ClF4N6O3. The number of carbonyl (C=O) groups excluding carboxylic acids is 1. The highest BCUT2D eigenvalue weighted by Gasteiger charge is 2.31. The van der Waals surface area contributed by atoms with Crippen molar-refractivity contribution in [3.05, 3.63) is 67.6 Å². The van der Waals surface area contributed by atoms with Crippen molar-refractivity contribution in [1.29, 1.82) is 0 Å². The number of alkyl halides is 3. The van der Waals surface area contributed by atoms with Gasteiger partial charge >= 0.3 is 6.18 Å². The van der Waals surface area contributed by atoms with Crippen LogP contribution in [0, 0.1) is 0 Å². The summed E-state index contributed by atoms with van der Waals surface area (Å²) in [5, 5.41) is 9.89. The maximum absolute atomic E-state index is 14.6. The Kier molecular flexibility index (Phi) is 8.04. The molecule has 0 aliphatic carbocycles. The van der Waals surface area contributed by atoms with Gasteiger partial charge in [0.05, 0.1) is 35.1 Å². The summed E-state index contributed by atoms with van der Waals surface area (Å²) < 4.78 is 61.5. The molecular weight excluding hydrogens is 568 g/mol. The Labute approximate surface area is 236 Å². The molecule has 5 rings (SSSR count). The molecule has 0 bridgehead atoms. The third-order valence-electron chi connectivity index (χ3n) is 7.02. The van der Waals surface area contributed by atoms with Gasteiger partial charge in [0.2, 0.25) is 11.7 Å². The highest BCUT2D eigenvalue weighted by atomic mass is 35.5. The van der Waals surface area contributed by atoms with Crippen LogP contribution in [-0.2, 0) is 28.7 Å². The van der Waals surface area contributed by atoms with Crippen LogP contribution in [0.1, 0.15) is 49.3 Å². The van der Waals surface area contributed by atoms with Gasteiger partial charge in [0.15, 0.2) is 5.82 Å². The minimum atomic E-state index is -4.59. The second-order valence-electron chi connectivity index (χ2n) is 9.97. The van der Waals surface area contributed by atoms with Crippen molar-refractivity contribution < 1.29 is 27.1 Å². The summed E-state index contributed by atoms with van der Waals surface area (Å²) in [5.41, 5.74) is 0.624. The van der Waals surface area contributed by atoms with E-state index in [4.69, 9.17) is 16.3 Å². The molecule has 9 nitrogen and oxygen atoms in total. The van der Waals surface area contributed by atoms with Gasteiger partial charge in [-0.1, -0.05) is 24.1 Å². The Morgan fingerprint density at radius 1 is 1.34 bits per heavy atom.